The molecule has 4 rings (SSSR count). The van der Waals surface area contributed by atoms with Crippen molar-refractivity contribution in [2.75, 3.05) is 34.0 Å². The molecular formula is C29H32ClNO6. The number of carbonyl (C=O) groups is 2. The number of dihydropyridines is 1. The van der Waals surface area contributed by atoms with E-state index in [1.165, 1.54) is 0 Å². The molecule has 0 unspecified atom stereocenters. The van der Waals surface area contributed by atoms with Crippen molar-refractivity contribution in [3.05, 3.63) is 81.2 Å². The van der Waals surface area contributed by atoms with Gasteiger partial charge in [0.15, 0.2) is 5.78 Å². The van der Waals surface area contributed by atoms with E-state index in [2.05, 4.69) is 5.32 Å². The van der Waals surface area contributed by atoms with Crippen molar-refractivity contribution in [3.63, 3.8) is 0 Å². The van der Waals surface area contributed by atoms with E-state index < -0.39 is 11.9 Å². The van der Waals surface area contributed by atoms with Crippen LogP contribution < -0.4 is 14.8 Å². The zero-order chi connectivity index (χ0) is 26.5. The fourth-order valence-electron chi connectivity index (χ4n) is 5.06. The number of rotatable bonds is 9. The zero-order valence-corrected chi connectivity index (χ0v) is 22.3. The molecule has 0 amide bonds. The third-order valence-corrected chi connectivity index (χ3v) is 7.06. The molecule has 0 spiro atoms. The highest BCUT2D eigenvalue weighted by molar-refractivity contribution is 6.30. The average molecular weight is 526 g/mol. The van der Waals surface area contributed by atoms with Crippen LogP contribution in [0.2, 0.25) is 5.02 Å². The fourth-order valence-corrected chi connectivity index (χ4v) is 5.19. The summed E-state index contributed by atoms with van der Waals surface area (Å²) in [7, 11) is 3.14. The van der Waals surface area contributed by atoms with Crippen molar-refractivity contribution in [3.8, 4) is 11.5 Å². The number of methoxy groups -OCH3 is 2. The van der Waals surface area contributed by atoms with Crippen molar-refractivity contribution >= 4 is 23.4 Å². The first-order chi connectivity index (χ1) is 17.9. The molecule has 37 heavy (non-hydrogen) atoms. The number of ether oxygens (including phenoxy) is 4. The minimum Gasteiger partial charge on any atom is -0.497 e. The van der Waals surface area contributed by atoms with Crippen LogP contribution in [0.15, 0.2) is 65.0 Å². The number of allylic oxidation sites excluding steroid dienone is 3. The van der Waals surface area contributed by atoms with Crippen molar-refractivity contribution in [1.82, 2.24) is 5.32 Å². The van der Waals surface area contributed by atoms with Gasteiger partial charge in [-0.2, -0.15) is 0 Å². The lowest BCUT2D eigenvalue weighted by molar-refractivity contribution is -0.140. The Hall–Kier alpha value is -3.29. The Labute approximate surface area is 222 Å². The number of hydrogen-bond acceptors (Lipinski definition) is 7. The maximum absolute atomic E-state index is 13.8. The van der Waals surface area contributed by atoms with E-state index in [0.717, 1.165) is 11.3 Å². The second-order valence-electron chi connectivity index (χ2n) is 9.01. The number of halogens is 1. The molecule has 0 bridgehead atoms. The molecule has 2 atom stereocenters. The lowest BCUT2D eigenvalue weighted by Crippen LogP contribution is -2.36. The molecule has 2 aromatic carbocycles. The van der Waals surface area contributed by atoms with Gasteiger partial charge in [0.25, 0.3) is 0 Å². The first kappa shape index (κ1) is 26.8. The number of nitrogens with one attached hydrogen (secondary N) is 1. The van der Waals surface area contributed by atoms with Gasteiger partial charge in [-0.3, -0.25) is 4.79 Å². The highest BCUT2D eigenvalue weighted by Crippen LogP contribution is 2.48. The second kappa shape index (κ2) is 11.8. The predicted octanol–water partition coefficient (Wildman–Crippen LogP) is 5.30. The summed E-state index contributed by atoms with van der Waals surface area (Å²) in [5.74, 6) is -0.0195. The summed E-state index contributed by atoms with van der Waals surface area (Å²) in [6.07, 6.45) is 0.949. The molecule has 0 aromatic heterocycles. The number of Topliss-reactive ketones (excluding diaryl/α,β-unsaturated/α-hetero) is 1. The molecule has 0 fully saturated rings. The highest BCUT2D eigenvalue weighted by atomic mass is 35.5. The quantitative estimate of drug-likeness (QED) is 0.351. The number of esters is 1. The molecule has 1 aliphatic carbocycles. The summed E-state index contributed by atoms with van der Waals surface area (Å²) < 4.78 is 22.0. The van der Waals surface area contributed by atoms with Crippen molar-refractivity contribution in [2.45, 2.75) is 38.5 Å². The Balaban J connectivity index is 1.77. The van der Waals surface area contributed by atoms with Gasteiger partial charge in [0.05, 0.1) is 32.3 Å². The van der Waals surface area contributed by atoms with Crippen LogP contribution >= 0.6 is 11.6 Å². The summed E-state index contributed by atoms with van der Waals surface area (Å²) in [5, 5.41) is 4.02. The number of benzene rings is 2. The normalized spacial score (nSPS) is 19.3. The van der Waals surface area contributed by atoms with Crippen LogP contribution in [-0.4, -0.2) is 45.8 Å². The number of hydrogen-bond donors (Lipinski definition) is 1. The van der Waals surface area contributed by atoms with Gasteiger partial charge in [-0.25, -0.2) is 4.79 Å². The van der Waals surface area contributed by atoms with Crippen LogP contribution in [0.1, 0.15) is 49.7 Å². The van der Waals surface area contributed by atoms with Crippen LogP contribution in [0.25, 0.3) is 0 Å². The van der Waals surface area contributed by atoms with Gasteiger partial charge in [0.1, 0.15) is 18.1 Å². The summed E-state index contributed by atoms with van der Waals surface area (Å²) in [5.41, 5.74) is 4.15. The first-order valence-electron chi connectivity index (χ1n) is 12.3. The summed E-state index contributed by atoms with van der Waals surface area (Å²) in [6, 6.07) is 13.0. The molecule has 2 aliphatic rings. The van der Waals surface area contributed by atoms with Gasteiger partial charge in [-0.05, 0) is 49.9 Å². The molecule has 1 aliphatic heterocycles. The standard InChI is InChI=1S/C29H32ClNO6/c1-5-36-12-13-37-29(33)26-17(2)31-23-14-19(18-6-8-20(30)9-7-18)15-24(32)28(23)27(26)22-11-10-21(34-3)16-25(22)35-4/h6-11,16,19,27,31H,5,12-15H2,1-4H3/t19-,27+/m0/s1. The zero-order valence-electron chi connectivity index (χ0n) is 21.6. The van der Waals surface area contributed by atoms with Gasteiger partial charge < -0.3 is 24.3 Å². The van der Waals surface area contributed by atoms with Gasteiger partial charge in [-0.1, -0.05) is 29.8 Å². The van der Waals surface area contributed by atoms with E-state index in [4.69, 9.17) is 30.5 Å². The van der Waals surface area contributed by atoms with Gasteiger partial charge in [0, 0.05) is 46.6 Å². The second-order valence-corrected chi connectivity index (χ2v) is 9.45. The minimum absolute atomic E-state index is 0.00178. The molecule has 196 valence electrons. The number of ketones is 1. The smallest absolute Gasteiger partial charge is 0.336 e. The Morgan fingerprint density at radius 1 is 1.05 bits per heavy atom. The SMILES string of the molecule is CCOCCOC(=O)C1=C(C)NC2=C(C(=O)C[C@@H](c3ccc(Cl)cc3)C2)[C@@H]1c1ccc(OC)cc1OC. The molecule has 7 nitrogen and oxygen atoms in total. The van der Waals surface area contributed by atoms with Crippen LogP contribution in [0, 0.1) is 0 Å². The molecule has 8 heteroatoms. The van der Waals surface area contributed by atoms with Crippen LogP contribution in [-0.2, 0) is 19.1 Å². The molecule has 0 radical (unpaired) electrons. The van der Waals surface area contributed by atoms with Crippen LogP contribution in [0.4, 0.5) is 0 Å². The summed E-state index contributed by atoms with van der Waals surface area (Å²) >= 11 is 6.08. The molecule has 1 heterocycles. The van der Waals surface area contributed by atoms with Crippen LogP contribution in [0.3, 0.4) is 0 Å². The Morgan fingerprint density at radius 3 is 2.49 bits per heavy atom. The fraction of sp³-hybridized carbons (Fsp3) is 0.379. The molecule has 2 aromatic rings. The van der Waals surface area contributed by atoms with E-state index in [1.807, 2.05) is 44.2 Å². The average Bonchev–Trinajstić information content (AvgIpc) is 2.90. The van der Waals surface area contributed by atoms with Crippen molar-refractivity contribution in [2.24, 2.45) is 0 Å². The third-order valence-electron chi connectivity index (χ3n) is 6.81. The van der Waals surface area contributed by atoms with Crippen molar-refractivity contribution < 1.29 is 28.5 Å². The van der Waals surface area contributed by atoms with Gasteiger partial charge >= 0.3 is 5.97 Å². The first-order valence-corrected chi connectivity index (χ1v) is 12.7. The Bertz CT molecular complexity index is 1230. The maximum Gasteiger partial charge on any atom is 0.336 e. The Morgan fingerprint density at radius 2 is 1.81 bits per heavy atom. The maximum atomic E-state index is 13.8. The highest BCUT2D eigenvalue weighted by Gasteiger charge is 2.42. The van der Waals surface area contributed by atoms with Gasteiger partial charge in [0.2, 0.25) is 0 Å². The minimum atomic E-state index is -0.643. The van der Waals surface area contributed by atoms with E-state index in [9.17, 15) is 9.59 Å². The summed E-state index contributed by atoms with van der Waals surface area (Å²) in [4.78, 5) is 27.2. The third kappa shape index (κ3) is 5.68. The number of carbonyl (C=O) groups excluding carboxylic acids is 2. The predicted molar refractivity (Wildman–Crippen MR) is 141 cm³/mol. The molecule has 0 saturated carbocycles. The van der Waals surface area contributed by atoms with Gasteiger partial charge in [-0.15, -0.1) is 0 Å². The van der Waals surface area contributed by atoms with E-state index in [0.29, 0.717) is 65.0 Å². The Kier molecular flexibility index (Phi) is 8.56. The topological polar surface area (TPSA) is 83.1 Å². The molecule has 1 N–H and O–H groups in total. The van der Waals surface area contributed by atoms with E-state index in [1.54, 1.807) is 26.4 Å². The van der Waals surface area contributed by atoms with E-state index in [-0.39, 0.29) is 18.3 Å². The lowest BCUT2D eigenvalue weighted by atomic mass is 9.71. The molecular weight excluding hydrogens is 494 g/mol. The van der Waals surface area contributed by atoms with E-state index >= 15 is 0 Å². The summed E-state index contributed by atoms with van der Waals surface area (Å²) in [6.45, 7) is 4.67. The van der Waals surface area contributed by atoms with Crippen LogP contribution in [0.5, 0.6) is 11.5 Å². The van der Waals surface area contributed by atoms with Crippen molar-refractivity contribution in [1.29, 1.82) is 0 Å². The largest absolute Gasteiger partial charge is 0.497 e. The lowest BCUT2D eigenvalue weighted by Gasteiger charge is -2.37. The monoisotopic (exact) mass is 525 g/mol. The molecule has 0 saturated heterocycles.